The molecule has 0 spiro atoms. The van der Waals surface area contributed by atoms with Gasteiger partial charge in [0, 0.05) is 25.7 Å². The van der Waals surface area contributed by atoms with Gasteiger partial charge in [0.25, 0.3) is 0 Å². The third-order valence-electron chi connectivity index (χ3n) is 4.35. The Morgan fingerprint density at radius 1 is 1.33 bits per heavy atom. The number of hydrogen-bond donors (Lipinski definition) is 1. The van der Waals surface area contributed by atoms with Crippen LogP contribution in [-0.2, 0) is 9.53 Å². The van der Waals surface area contributed by atoms with Crippen LogP contribution in [0.3, 0.4) is 0 Å². The summed E-state index contributed by atoms with van der Waals surface area (Å²) in [6.45, 7) is 2.93. The van der Waals surface area contributed by atoms with Gasteiger partial charge >= 0.3 is 0 Å². The molecule has 0 aromatic rings. The Kier molecular flexibility index (Phi) is 5.15. The molecule has 4 heteroatoms. The topological polar surface area (TPSA) is 49.8 Å². The monoisotopic (exact) mass is 255 g/mol. The number of nitrogens with zero attached hydrogens (tertiary/aromatic N) is 1. The fourth-order valence-corrected chi connectivity index (χ4v) is 3.32. The average molecular weight is 255 g/mol. The summed E-state index contributed by atoms with van der Waals surface area (Å²) in [7, 11) is 0. The quantitative estimate of drug-likeness (QED) is 0.725. The largest absolute Gasteiger partial charge is 0.395 e. The zero-order valence-corrected chi connectivity index (χ0v) is 11.1. The maximum absolute atomic E-state index is 11.5. The summed E-state index contributed by atoms with van der Waals surface area (Å²) in [6.07, 6.45) is 7.94. The summed E-state index contributed by atoms with van der Waals surface area (Å²) in [4.78, 5) is 13.8. The van der Waals surface area contributed by atoms with Crippen molar-refractivity contribution in [1.29, 1.82) is 0 Å². The van der Waals surface area contributed by atoms with E-state index < -0.39 is 0 Å². The average Bonchev–Trinajstić information content (AvgIpc) is 2.93. The van der Waals surface area contributed by atoms with Crippen molar-refractivity contribution in [2.45, 2.75) is 44.6 Å². The van der Waals surface area contributed by atoms with Crippen molar-refractivity contribution in [2.75, 3.05) is 32.9 Å². The Balaban J connectivity index is 1.98. The number of aldehydes is 1. The summed E-state index contributed by atoms with van der Waals surface area (Å²) >= 11 is 0. The van der Waals surface area contributed by atoms with Gasteiger partial charge in [0.2, 0.25) is 0 Å². The van der Waals surface area contributed by atoms with Crippen molar-refractivity contribution in [3.8, 4) is 0 Å². The second-order valence-electron chi connectivity index (χ2n) is 5.77. The molecule has 1 saturated heterocycles. The molecule has 104 valence electrons. The van der Waals surface area contributed by atoms with E-state index in [0.717, 1.165) is 32.3 Å². The van der Waals surface area contributed by atoms with Crippen LogP contribution in [0.1, 0.15) is 38.5 Å². The lowest BCUT2D eigenvalue weighted by molar-refractivity contribution is -0.126. The van der Waals surface area contributed by atoms with Crippen molar-refractivity contribution in [1.82, 2.24) is 4.90 Å². The molecule has 1 saturated carbocycles. The summed E-state index contributed by atoms with van der Waals surface area (Å²) in [5.41, 5.74) is -0.337. The summed E-state index contributed by atoms with van der Waals surface area (Å²) in [6, 6.07) is 0.552. The van der Waals surface area contributed by atoms with Crippen LogP contribution in [0, 0.1) is 5.41 Å². The molecular formula is C14H25NO3. The molecule has 0 radical (unpaired) electrons. The van der Waals surface area contributed by atoms with Crippen LogP contribution >= 0.6 is 0 Å². The van der Waals surface area contributed by atoms with Crippen LogP contribution in [0.5, 0.6) is 0 Å². The Morgan fingerprint density at radius 2 is 2.11 bits per heavy atom. The summed E-state index contributed by atoms with van der Waals surface area (Å²) in [5.74, 6) is 0. The predicted octanol–water partition coefficient (Wildman–Crippen LogP) is 1.22. The van der Waals surface area contributed by atoms with Gasteiger partial charge in [-0.15, -0.1) is 0 Å². The number of aliphatic hydroxyl groups is 1. The maximum atomic E-state index is 11.5. The molecule has 1 N–H and O–H groups in total. The number of carbonyl (C=O) groups excluding carboxylic acids is 1. The Hall–Kier alpha value is -0.450. The van der Waals surface area contributed by atoms with Crippen LogP contribution in [0.2, 0.25) is 0 Å². The van der Waals surface area contributed by atoms with Gasteiger partial charge in [-0.25, -0.2) is 0 Å². The first-order valence-electron chi connectivity index (χ1n) is 7.19. The fraction of sp³-hybridized carbons (Fsp3) is 0.929. The van der Waals surface area contributed by atoms with E-state index in [1.54, 1.807) is 0 Å². The Morgan fingerprint density at radius 3 is 2.67 bits per heavy atom. The standard InChI is InChI=1S/C14H25NO3/c16-8-7-15(13-4-1-2-5-13)10-14(11-17)6-3-9-18-12-14/h11,13,16H,1-10,12H2. The molecule has 1 aliphatic carbocycles. The zero-order valence-electron chi connectivity index (χ0n) is 11.1. The van der Waals surface area contributed by atoms with Gasteiger partial charge in [-0.05, 0) is 25.7 Å². The number of ether oxygens (including phenoxy) is 1. The van der Waals surface area contributed by atoms with Crippen LogP contribution in [0.4, 0.5) is 0 Å². The molecule has 0 bridgehead atoms. The molecular weight excluding hydrogens is 230 g/mol. The van der Waals surface area contributed by atoms with Crippen LogP contribution in [0.15, 0.2) is 0 Å². The van der Waals surface area contributed by atoms with Crippen molar-refractivity contribution in [2.24, 2.45) is 5.41 Å². The van der Waals surface area contributed by atoms with Gasteiger partial charge in [-0.3, -0.25) is 4.90 Å². The zero-order chi connectivity index (χ0) is 12.8. The van der Waals surface area contributed by atoms with Crippen molar-refractivity contribution < 1.29 is 14.6 Å². The predicted molar refractivity (Wildman–Crippen MR) is 69.5 cm³/mol. The second kappa shape index (κ2) is 6.64. The van der Waals surface area contributed by atoms with Crippen LogP contribution < -0.4 is 0 Å². The first-order valence-corrected chi connectivity index (χ1v) is 7.19. The first kappa shape index (κ1) is 14.0. The maximum Gasteiger partial charge on any atom is 0.129 e. The minimum Gasteiger partial charge on any atom is -0.395 e. The van der Waals surface area contributed by atoms with E-state index >= 15 is 0 Å². The van der Waals surface area contributed by atoms with Gasteiger partial charge in [0.15, 0.2) is 0 Å². The Labute approximate surface area is 109 Å². The smallest absolute Gasteiger partial charge is 0.129 e. The highest BCUT2D eigenvalue weighted by atomic mass is 16.5. The highest BCUT2D eigenvalue weighted by Crippen LogP contribution is 2.31. The molecule has 0 amide bonds. The SMILES string of the molecule is O=CC1(CN(CCO)C2CCCC2)CCCOC1. The minimum atomic E-state index is -0.337. The van der Waals surface area contributed by atoms with Gasteiger partial charge in [-0.2, -0.15) is 0 Å². The van der Waals surface area contributed by atoms with E-state index in [0.29, 0.717) is 19.2 Å². The van der Waals surface area contributed by atoms with E-state index in [4.69, 9.17) is 4.74 Å². The summed E-state index contributed by atoms with van der Waals surface area (Å²) in [5, 5.41) is 9.22. The first-order chi connectivity index (χ1) is 8.79. The fourth-order valence-electron chi connectivity index (χ4n) is 3.32. The minimum absolute atomic E-state index is 0.173. The molecule has 2 fully saturated rings. The van der Waals surface area contributed by atoms with E-state index in [-0.39, 0.29) is 12.0 Å². The molecule has 1 aliphatic heterocycles. The van der Waals surface area contributed by atoms with E-state index in [2.05, 4.69) is 4.90 Å². The van der Waals surface area contributed by atoms with Crippen molar-refractivity contribution in [3.05, 3.63) is 0 Å². The number of carbonyl (C=O) groups is 1. The number of hydrogen-bond acceptors (Lipinski definition) is 4. The number of rotatable bonds is 6. The normalized spacial score (nSPS) is 29.9. The molecule has 0 aromatic carbocycles. The Bertz CT molecular complexity index is 258. The van der Waals surface area contributed by atoms with Gasteiger partial charge in [0.05, 0.1) is 18.6 Å². The van der Waals surface area contributed by atoms with Crippen LogP contribution in [0.25, 0.3) is 0 Å². The van der Waals surface area contributed by atoms with Gasteiger partial charge in [0.1, 0.15) is 6.29 Å². The van der Waals surface area contributed by atoms with E-state index in [1.807, 2.05) is 0 Å². The lowest BCUT2D eigenvalue weighted by Crippen LogP contribution is -2.48. The number of aliphatic hydroxyl groups excluding tert-OH is 1. The highest BCUT2D eigenvalue weighted by Gasteiger charge is 2.36. The lowest BCUT2D eigenvalue weighted by atomic mass is 9.83. The molecule has 18 heavy (non-hydrogen) atoms. The van der Waals surface area contributed by atoms with E-state index in [1.165, 1.54) is 25.7 Å². The highest BCUT2D eigenvalue weighted by molar-refractivity contribution is 5.60. The van der Waals surface area contributed by atoms with Gasteiger partial charge in [-0.1, -0.05) is 12.8 Å². The van der Waals surface area contributed by atoms with Crippen LogP contribution in [-0.4, -0.2) is 55.2 Å². The van der Waals surface area contributed by atoms with E-state index in [9.17, 15) is 9.90 Å². The molecule has 1 atom stereocenters. The van der Waals surface area contributed by atoms with Crippen molar-refractivity contribution >= 4 is 6.29 Å². The third kappa shape index (κ3) is 3.31. The lowest BCUT2D eigenvalue weighted by Gasteiger charge is -2.39. The van der Waals surface area contributed by atoms with Gasteiger partial charge < -0.3 is 14.6 Å². The molecule has 1 heterocycles. The summed E-state index contributed by atoms with van der Waals surface area (Å²) < 4.78 is 5.50. The molecule has 2 aliphatic rings. The second-order valence-corrected chi connectivity index (χ2v) is 5.77. The molecule has 4 nitrogen and oxygen atoms in total. The molecule has 0 aromatic heterocycles. The molecule has 1 unspecified atom stereocenters. The molecule has 2 rings (SSSR count). The third-order valence-corrected chi connectivity index (χ3v) is 4.35. The van der Waals surface area contributed by atoms with Crippen molar-refractivity contribution in [3.63, 3.8) is 0 Å².